The van der Waals surface area contributed by atoms with E-state index in [1.165, 1.54) is 146 Å². The number of rotatable bonds is 6. The zero-order valence-corrected chi connectivity index (χ0v) is 40.0. The molecule has 0 aliphatic heterocycles. The van der Waals surface area contributed by atoms with Gasteiger partial charge in [0.05, 0.1) is 16.7 Å². The lowest BCUT2D eigenvalue weighted by molar-refractivity contribution is 1.21. The molecular weight excluding hydrogens is 887 g/mol. The van der Waals surface area contributed by atoms with Crippen molar-refractivity contribution in [3.05, 3.63) is 261 Å². The third-order valence-corrected chi connectivity index (χ3v) is 16.4. The molecule has 0 atom stereocenters. The van der Waals surface area contributed by atoms with Gasteiger partial charge >= 0.3 is 0 Å². The lowest BCUT2D eigenvalue weighted by atomic mass is 9.85. The van der Waals surface area contributed by atoms with E-state index >= 15 is 0 Å². The van der Waals surface area contributed by atoms with Crippen molar-refractivity contribution in [2.75, 3.05) is 0 Å². The van der Waals surface area contributed by atoms with Crippen LogP contribution in [-0.4, -0.2) is 4.57 Å². The summed E-state index contributed by atoms with van der Waals surface area (Å²) in [6.07, 6.45) is 0. The Morgan fingerprint density at radius 1 is 0.250 bits per heavy atom. The quantitative estimate of drug-likeness (QED) is 0.146. The van der Waals surface area contributed by atoms with Gasteiger partial charge in [0.2, 0.25) is 0 Å². The highest BCUT2D eigenvalue weighted by atomic mass is 32.1. The summed E-state index contributed by atoms with van der Waals surface area (Å²) in [4.78, 5) is 0. The first-order valence-corrected chi connectivity index (χ1v) is 25.7. The van der Waals surface area contributed by atoms with Crippen LogP contribution in [0.5, 0.6) is 0 Å². The Bertz CT molecular complexity index is 4450. The Labute approximate surface area is 420 Å². The van der Waals surface area contributed by atoms with Crippen LogP contribution >= 0.6 is 11.3 Å². The van der Waals surface area contributed by atoms with E-state index < -0.39 is 0 Å². The number of hydrogen-bond acceptors (Lipinski definition) is 1. The predicted octanol–water partition coefficient (Wildman–Crippen LogP) is 20.1. The van der Waals surface area contributed by atoms with E-state index in [-0.39, 0.29) is 0 Å². The number of nitrogens with zero attached hydrogens (tertiary/aromatic N) is 1. The first-order chi connectivity index (χ1) is 35.8. The second-order valence-electron chi connectivity index (χ2n) is 19.0. The highest BCUT2D eigenvalue weighted by molar-refractivity contribution is 7.26. The van der Waals surface area contributed by atoms with Gasteiger partial charge in [-0.15, -0.1) is 11.3 Å². The Balaban J connectivity index is 0.997. The minimum absolute atomic E-state index is 1.19. The summed E-state index contributed by atoms with van der Waals surface area (Å²) in [7, 11) is 0. The number of thiophene rings is 1. The molecule has 15 aromatic rings. The van der Waals surface area contributed by atoms with Crippen molar-refractivity contribution in [1.82, 2.24) is 4.57 Å². The SMILES string of the molecule is c1ccc(-c2ccc3c(c2)c2cc(-c4ccccc4)ccc2n3-c2c3ccccc3c(-c3cccc4c3sc3cccc(-c5c6ccccc6c(-c6ccccc6)c6ccccc56)c34)c3ccccc23)cc1. The lowest BCUT2D eigenvalue weighted by Crippen LogP contribution is -1.99. The maximum absolute atomic E-state index is 2.55. The second-order valence-corrected chi connectivity index (χ2v) is 20.1. The standard InChI is InChI=1S/C70H43NS/c1-4-20-44(21-5-1)47-38-40-62-60(42-47)61-43-48(45-22-6-2-7-23-45)39-41-63(61)71(62)69-55-32-16-14-30-53(55)67(54-31-15-17-33-56(54)69)58-35-18-36-59-68-57(34-19-37-64(68)72-70(58)59)66-51-28-12-10-26-49(51)65(46-24-8-3-9-25-46)50-27-11-13-29-52(50)66/h1-43H. The molecule has 0 saturated heterocycles. The van der Waals surface area contributed by atoms with Crippen LogP contribution in [-0.2, 0) is 0 Å². The van der Waals surface area contributed by atoms with Crippen LogP contribution in [0, 0.1) is 0 Å². The zero-order chi connectivity index (χ0) is 47.3. The highest BCUT2D eigenvalue weighted by Gasteiger charge is 2.25. The predicted molar refractivity (Wildman–Crippen MR) is 311 cm³/mol. The molecule has 0 spiro atoms. The second kappa shape index (κ2) is 16.2. The van der Waals surface area contributed by atoms with Crippen molar-refractivity contribution in [3.8, 4) is 61.3 Å². The Morgan fingerprint density at radius 3 is 1.15 bits per heavy atom. The van der Waals surface area contributed by atoms with Gasteiger partial charge in [0.15, 0.2) is 0 Å². The van der Waals surface area contributed by atoms with Gasteiger partial charge in [-0.25, -0.2) is 0 Å². The van der Waals surface area contributed by atoms with Gasteiger partial charge in [-0.05, 0) is 113 Å². The number of hydrogen-bond donors (Lipinski definition) is 0. The zero-order valence-electron chi connectivity index (χ0n) is 39.2. The number of benzene rings is 13. The molecule has 72 heavy (non-hydrogen) atoms. The molecular formula is C70H43NS. The fourth-order valence-electron chi connectivity index (χ4n) is 12.1. The van der Waals surface area contributed by atoms with E-state index in [0.717, 1.165) is 0 Å². The van der Waals surface area contributed by atoms with Gasteiger partial charge < -0.3 is 4.57 Å². The van der Waals surface area contributed by atoms with E-state index in [1.54, 1.807) is 0 Å². The maximum Gasteiger partial charge on any atom is 0.0619 e. The fraction of sp³-hybridized carbons (Fsp3) is 0. The summed E-state index contributed by atoms with van der Waals surface area (Å²) in [6, 6.07) is 96.7. The van der Waals surface area contributed by atoms with Crippen LogP contribution in [0.2, 0.25) is 0 Å². The average Bonchev–Trinajstić information content (AvgIpc) is 4.00. The molecule has 13 aromatic carbocycles. The normalized spacial score (nSPS) is 11.9. The largest absolute Gasteiger partial charge is 0.308 e. The molecule has 0 unspecified atom stereocenters. The summed E-state index contributed by atoms with van der Waals surface area (Å²) >= 11 is 1.92. The Morgan fingerprint density at radius 2 is 0.639 bits per heavy atom. The van der Waals surface area contributed by atoms with E-state index in [1.807, 2.05) is 11.3 Å². The van der Waals surface area contributed by atoms with Gasteiger partial charge in [-0.1, -0.05) is 231 Å². The molecule has 0 amide bonds. The van der Waals surface area contributed by atoms with Crippen molar-refractivity contribution >= 4 is 96.4 Å². The first-order valence-electron chi connectivity index (χ1n) is 24.8. The van der Waals surface area contributed by atoms with Crippen molar-refractivity contribution in [1.29, 1.82) is 0 Å². The first kappa shape index (κ1) is 40.8. The van der Waals surface area contributed by atoms with Gasteiger partial charge in [-0.2, -0.15) is 0 Å². The Kier molecular flexibility index (Phi) is 9.20. The summed E-state index contributed by atoms with van der Waals surface area (Å²) < 4.78 is 5.14. The maximum atomic E-state index is 2.55. The summed E-state index contributed by atoms with van der Waals surface area (Å²) in [6.45, 7) is 0. The van der Waals surface area contributed by atoms with Gasteiger partial charge in [0.25, 0.3) is 0 Å². The van der Waals surface area contributed by atoms with Crippen LogP contribution < -0.4 is 0 Å². The van der Waals surface area contributed by atoms with Crippen LogP contribution in [0.4, 0.5) is 0 Å². The lowest BCUT2D eigenvalue weighted by Gasteiger charge is -2.20. The van der Waals surface area contributed by atoms with E-state index in [0.29, 0.717) is 0 Å². The fourth-order valence-corrected chi connectivity index (χ4v) is 13.4. The Hall–Kier alpha value is -9.08. The monoisotopic (exact) mass is 929 g/mol. The molecule has 2 heterocycles. The molecule has 2 aromatic heterocycles. The smallest absolute Gasteiger partial charge is 0.0619 e. The van der Waals surface area contributed by atoms with E-state index in [9.17, 15) is 0 Å². The van der Waals surface area contributed by atoms with Crippen molar-refractivity contribution in [2.45, 2.75) is 0 Å². The van der Waals surface area contributed by atoms with Crippen LogP contribution in [0.25, 0.3) is 146 Å². The third kappa shape index (κ3) is 6.13. The van der Waals surface area contributed by atoms with Gasteiger partial charge in [0.1, 0.15) is 0 Å². The topological polar surface area (TPSA) is 4.93 Å². The summed E-state index contributed by atoms with van der Waals surface area (Å²) in [5.74, 6) is 0. The van der Waals surface area contributed by atoms with Crippen molar-refractivity contribution < 1.29 is 0 Å². The van der Waals surface area contributed by atoms with Crippen LogP contribution in [0.1, 0.15) is 0 Å². The average molecular weight is 930 g/mol. The minimum Gasteiger partial charge on any atom is -0.308 e. The molecule has 0 aliphatic carbocycles. The minimum atomic E-state index is 1.19. The summed E-state index contributed by atoms with van der Waals surface area (Å²) in [5.41, 5.74) is 16.0. The highest BCUT2D eigenvalue weighted by Crippen LogP contribution is 2.52. The number of fused-ring (bicyclic) bond motifs is 10. The molecule has 0 fully saturated rings. The van der Waals surface area contributed by atoms with E-state index in [4.69, 9.17) is 0 Å². The van der Waals surface area contributed by atoms with Gasteiger partial charge in [-0.3, -0.25) is 0 Å². The van der Waals surface area contributed by atoms with E-state index in [2.05, 4.69) is 265 Å². The molecule has 1 nitrogen and oxygen atoms in total. The summed E-state index contributed by atoms with van der Waals surface area (Å²) in [5, 5.41) is 15.1. The van der Waals surface area contributed by atoms with Crippen molar-refractivity contribution in [2.24, 2.45) is 0 Å². The molecule has 0 saturated carbocycles. The molecule has 2 heteroatoms. The van der Waals surface area contributed by atoms with Gasteiger partial charge in [0, 0.05) is 47.3 Å². The van der Waals surface area contributed by atoms with Crippen molar-refractivity contribution in [3.63, 3.8) is 0 Å². The molecule has 0 aliphatic rings. The third-order valence-electron chi connectivity index (χ3n) is 15.2. The molecule has 0 N–H and O–H groups in total. The molecule has 15 rings (SSSR count). The molecule has 334 valence electrons. The van der Waals surface area contributed by atoms with Crippen LogP contribution in [0.15, 0.2) is 261 Å². The van der Waals surface area contributed by atoms with Crippen LogP contribution in [0.3, 0.4) is 0 Å². The molecule has 0 bridgehead atoms. The number of aromatic nitrogens is 1. The molecule has 0 radical (unpaired) electrons.